The van der Waals surface area contributed by atoms with Crippen LogP contribution in [0.5, 0.6) is 5.75 Å². The van der Waals surface area contributed by atoms with Gasteiger partial charge in [0.25, 0.3) is 0 Å². The van der Waals surface area contributed by atoms with Gasteiger partial charge in [-0.15, -0.1) is 0 Å². The van der Waals surface area contributed by atoms with Gasteiger partial charge in [-0.3, -0.25) is 0 Å². The first-order valence-electron chi connectivity index (χ1n) is 14.0. The highest BCUT2D eigenvalue weighted by molar-refractivity contribution is 5.71. The van der Waals surface area contributed by atoms with Gasteiger partial charge in [0.05, 0.1) is 6.61 Å². The number of esters is 1. The summed E-state index contributed by atoms with van der Waals surface area (Å²) in [7, 11) is 0. The van der Waals surface area contributed by atoms with Crippen LogP contribution >= 0.6 is 0 Å². The molecule has 3 aromatic rings. The molecule has 0 bridgehead atoms. The lowest BCUT2D eigenvalue weighted by Crippen LogP contribution is -2.15. The van der Waals surface area contributed by atoms with E-state index in [1.54, 1.807) is 6.92 Å². The van der Waals surface area contributed by atoms with E-state index in [1.807, 2.05) is 6.07 Å². The second kappa shape index (κ2) is 13.9. The third kappa shape index (κ3) is 10.0. The van der Waals surface area contributed by atoms with E-state index in [0.29, 0.717) is 6.61 Å². The largest absolute Gasteiger partial charge is 0.482 e. The molecule has 1 aliphatic carbocycles. The molecule has 4 rings (SSSR count). The first-order chi connectivity index (χ1) is 18.8. The van der Waals surface area contributed by atoms with Crippen molar-refractivity contribution in [2.75, 3.05) is 13.2 Å². The number of hydrogen-bond donors (Lipinski definition) is 0. The fourth-order valence-corrected chi connectivity index (χ4v) is 4.57. The first-order valence-corrected chi connectivity index (χ1v) is 14.0. The average Bonchev–Trinajstić information content (AvgIpc) is 2.85. The number of rotatable bonds is 9. The van der Waals surface area contributed by atoms with Gasteiger partial charge in [-0.25, -0.2) is 4.79 Å². The number of ether oxygens (including phenoxy) is 2. The van der Waals surface area contributed by atoms with E-state index in [-0.39, 0.29) is 24.9 Å². The quantitative estimate of drug-likeness (QED) is 0.247. The van der Waals surface area contributed by atoms with Crippen LogP contribution in [0, 0.1) is 0 Å². The van der Waals surface area contributed by atoms with Gasteiger partial charge in [0.1, 0.15) is 5.75 Å². The zero-order valence-electron chi connectivity index (χ0n) is 24.2. The van der Waals surface area contributed by atoms with Gasteiger partial charge in [-0.2, -0.15) is 13.2 Å². The van der Waals surface area contributed by atoms with Gasteiger partial charge < -0.3 is 9.47 Å². The molecule has 216 valence electrons. The van der Waals surface area contributed by atoms with Crippen LogP contribution in [0.1, 0.15) is 82.1 Å². The summed E-state index contributed by atoms with van der Waals surface area (Å²) < 4.78 is 42.0. The number of aryl methyl sites for hydroxylation is 2. The predicted molar refractivity (Wildman–Crippen MR) is 155 cm³/mol. The molecule has 0 aliphatic heterocycles. The molecule has 0 N–H and O–H groups in total. The maximum Gasteiger partial charge on any atom is 0.386 e. The predicted octanol–water partition coefficient (Wildman–Crippen LogP) is 9.21. The molecule has 1 aliphatic rings. The van der Waals surface area contributed by atoms with Gasteiger partial charge in [-0.05, 0) is 89.5 Å². The van der Waals surface area contributed by atoms with Crippen LogP contribution in [0.3, 0.4) is 0 Å². The molecule has 0 unspecified atom stereocenters. The second-order valence-electron chi connectivity index (χ2n) is 11.4. The van der Waals surface area contributed by atoms with Gasteiger partial charge in [-0.1, -0.05) is 81.8 Å². The zero-order valence-corrected chi connectivity index (χ0v) is 24.2. The molecule has 0 radical (unpaired) electrons. The minimum absolute atomic E-state index is 0.0729. The number of benzene rings is 3. The number of hydrogen-bond acceptors (Lipinski definition) is 3. The van der Waals surface area contributed by atoms with E-state index in [0.717, 1.165) is 30.1 Å². The molecule has 40 heavy (non-hydrogen) atoms. The van der Waals surface area contributed by atoms with E-state index >= 15 is 0 Å². The van der Waals surface area contributed by atoms with E-state index in [2.05, 4.69) is 81.4 Å². The Balaban J connectivity index is 0.000000810. The molecule has 0 aromatic heterocycles. The summed E-state index contributed by atoms with van der Waals surface area (Å²) in [6.45, 7) is 8.98. The van der Waals surface area contributed by atoms with Crippen molar-refractivity contribution in [1.82, 2.24) is 0 Å². The molecular formula is C34H41F3O3. The fourth-order valence-electron chi connectivity index (χ4n) is 4.57. The number of carbonyl (C=O) groups is 1. The number of carbonyl (C=O) groups excluding carboxylic acids is 1. The minimum Gasteiger partial charge on any atom is -0.482 e. The van der Waals surface area contributed by atoms with Crippen LogP contribution in [0.25, 0.3) is 11.1 Å². The van der Waals surface area contributed by atoms with E-state index < -0.39 is 6.18 Å². The van der Waals surface area contributed by atoms with Crippen molar-refractivity contribution in [3.05, 3.63) is 89.0 Å². The highest BCUT2D eigenvalue weighted by Crippen LogP contribution is 2.37. The SMILES string of the molecule is CC(F)(F)F.CCOC(=O)COc1ccc(-c2ccc(C3CCC3)cc2)cc1CCc1ccc(C(C)(C)C)cc1. The van der Waals surface area contributed by atoms with Crippen molar-refractivity contribution in [1.29, 1.82) is 0 Å². The lowest BCUT2D eigenvalue weighted by atomic mass is 9.80. The topological polar surface area (TPSA) is 35.5 Å². The molecule has 0 atom stereocenters. The lowest BCUT2D eigenvalue weighted by molar-refractivity contribution is -0.145. The Hall–Kier alpha value is -3.28. The standard InChI is InChI=1S/C32H38O3.C2H3F3/c1-5-34-31(33)22-35-30-20-17-27(26-15-13-25(14-16-26)24-7-6-8-24)21-28(30)12-9-23-10-18-29(19-11-23)32(2,3)4;1-2(3,4)5/h10-11,13-21,24H,5-9,12,22H2,1-4H3;1H3. The molecule has 6 heteroatoms. The van der Waals surface area contributed by atoms with Gasteiger partial charge >= 0.3 is 12.1 Å². The van der Waals surface area contributed by atoms with Gasteiger partial charge in [0.2, 0.25) is 0 Å². The molecule has 3 nitrogen and oxygen atoms in total. The Morgan fingerprint density at radius 1 is 0.850 bits per heavy atom. The summed E-state index contributed by atoms with van der Waals surface area (Å²) >= 11 is 0. The third-order valence-corrected chi connectivity index (χ3v) is 7.03. The Labute approximate surface area is 236 Å². The molecular weight excluding hydrogens is 513 g/mol. The summed E-state index contributed by atoms with van der Waals surface area (Å²) in [6.07, 6.45) is 1.71. The molecule has 3 aromatic carbocycles. The maximum absolute atomic E-state index is 11.9. The number of halogens is 3. The van der Waals surface area contributed by atoms with Crippen LogP contribution in [0.15, 0.2) is 66.7 Å². The first kappa shape index (κ1) is 31.3. The highest BCUT2D eigenvalue weighted by Gasteiger charge is 2.19. The van der Waals surface area contributed by atoms with E-state index in [1.165, 1.54) is 47.1 Å². The molecule has 1 fully saturated rings. The van der Waals surface area contributed by atoms with Crippen molar-refractivity contribution < 1.29 is 27.4 Å². The molecule has 0 saturated heterocycles. The van der Waals surface area contributed by atoms with Gasteiger partial charge in [0, 0.05) is 6.92 Å². The monoisotopic (exact) mass is 554 g/mol. The lowest BCUT2D eigenvalue weighted by Gasteiger charge is -2.25. The fraction of sp³-hybridized carbons (Fsp3) is 0.441. The third-order valence-electron chi connectivity index (χ3n) is 7.03. The van der Waals surface area contributed by atoms with Crippen molar-refractivity contribution in [3.63, 3.8) is 0 Å². The summed E-state index contributed by atoms with van der Waals surface area (Å²) in [4.78, 5) is 11.9. The molecule has 1 saturated carbocycles. The van der Waals surface area contributed by atoms with Crippen LogP contribution in [-0.2, 0) is 27.8 Å². The molecule has 0 spiro atoms. The second-order valence-corrected chi connectivity index (χ2v) is 11.4. The van der Waals surface area contributed by atoms with Gasteiger partial charge in [0.15, 0.2) is 6.61 Å². The van der Waals surface area contributed by atoms with Crippen LogP contribution in [0.4, 0.5) is 13.2 Å². The van der Waals surface area contributed by atoms with E-state index in [9.17, 15) is 18.0 Å². The Morgan fingerprint density at radius 3 is 1.98 bits per heavy atom. The van der Waals surface area contributed by atoms with Crippen LogP contribution in [-0.4, -0.2) is 25.4 Å². The highest BCUT2D eigenvalue weighted by atomic mass is 19.4. The van der Waals surface area contributed by atoms with Crippen LogP contribution in [0.2, 0.25) is 0 Å². The zero-order chi connectivity index (χ0) is 29.3. The van der Waals surface area contributed by atoms with E-state index in [4.69, 9.17) is 9.47 Å². The normalized spacial score (nSPS) is 13.6. The van der Waals surface area contributed by atoms with Crippen LogP contribution < -0.4 is 4.74 Å². The van der Waals surface area contributed by atoms with Crippen molar-refractivity contribution in [2.24, 2.45) is 0 Å². The Bertz CT molecular complexity index is 1210. The minimum atomic E-state index is -4.00. The number of alkyl halides is 3. The summed E-state index contributed by atoms with van der Waals surface area (Å²) in [5, 5.41) is 0. The van der Waals surface area contributed by atoms with Crippen molar-refractivity contribution in [3.8, 4) is 16.9 Å². The maximum atomic E-state index is 11.9. The Kier molecular flexibility index (Phi) is 10.8. The smallest absolute Gasteiger partial charge is 0.386 e. The average molecular weight is 555 g/mol. The summed E-state index contributed by atoms with van der Waals surface area (Å²) in [6, 6.07) is 24.2. The summed E-state index contributed by atoms with van der Waals surface area (Å²) in [5.41, 5.74) is 7.72. The summed E-state index contributed by atoms with van der Waals surface area (Å²) in [5.74, 6) is 1.15. The van der Waals surface area contributed by atoms with Crippen molar-refractivity contribution >= 4 is 5.97 Å². The Morgan fingerprint density at radius 2 is 1.45 bits per heavy atom. The van der Waals surface area contributed by atoms with Crippen molar-refractivity contribution in [2.45, 2.75) is 84.2 Å². The molecule has 0 heterocycles. The molecule has 0 amide bonds.